The molecule has 0 spiro atoms. The number of benzene rings is 2. The molecule has 0 aliphatic carbocycles. The predicted octanol–water partition coefficient (Wildman–Crippen LogP) is 2.57. The van der Waals surface area contributed by atoms with Gasteiger partial charge in [-0.25, -0.2) is 4.39 Å². The van der Waals surface area contributed by atoms with Crippen LogP contribution in [0.25, 0.3) is 0 Å². The fraction of sp³-hybridized carbons (Fsp3) is 0.487. The molecule has 56 heavy (non-hydrogen) atoms. The number of hydrogen-bond acceptors (Lipinski definition) is 13. The average molecular weight is 770 g/mol. The number of halogens is 1. The Kier molecular flexibility index (Phi) is 11.7. The molecule has 16 nitrogen and oxygen atoms in total. The Morgan fingerprint density at radius 1 is 0.929 bits per heavy atom. The van der Waals surface area contributed by atoms with Gasteiger partial charge in [0.15, 0.2) is 17.8 Å². The average Bonchev–Trinajstić information content (AvgIpc) is 3.21. The minimum atomic E-state index is -0.884. The number of aromatic nitrogens is 3. The van der Waals surface area contributed by atoms with E-state index < -0.39 is 35.5 Å². The summed E-state index contributed by atoms with van der Waals surface area (Å²) in [5, 5.41) is 13.7. The van der Waals surface area contributed by atoms with Gasteiger partial charge in [-0.1, -0.05) is 0 Å². The second-order valence-corrected chi connectivity index (χ2v) is 15.0. The van der Waals surface area contributed by atoms with Crippen LogP contribution in [0, 0.1) is 11.7 Å². The van der Waals surface area contributed by atoms with E-state index in [1.165, 1.54) is 19.5 Å². The molecule has 5 heterocycles. The quantitative estimate of drug-likeness (QED) is 0.191. The highest BCUT2D eigenvalue weighted by molar-refractivity contribution is 6.06. The first kappa shape index (κ1) is 38.6. The van der Waals surface area contributed by atoms with Crippen molar-refractivity contribution in [1.82, 2.24) is 30.3 Å². The van der Waals surface area contributed by atoms with Gasteiger partial charge in [-0.3, -0.25) is 34.2 Å². The first-order chi connectivity index (χ1) is 27.1. The number of anilines is 5. The van der Waals surface area contributed by atoms with Gasteiger partial charge in [0.05, 0.1) is 11.3 Å². The molecule has 3 aromatic rings. The lowest BCUT2D eigenvalue weighted by Crippen LogP contribution is -2.53. The highest BCUT2D eigenvalue weighted by Gasteiger charge is 2.34. The molecule has 4 aliphatic rings. The SMILES string of the molecule is CN(C(=O)c1cc(F)c(N2CCN(CC3CCN(c4ccc(Nc5nc(N6CCCCC6)nnc5C(N)=O)cc4)CC3)CC2)cc1C=O)C1CCC(=O)NC1=O. The lowest BCUT2D eigenvalue weighted by atomic mass is 9.95. The van der Waals surface area contributed by atoms with Gasteiger partial charge in [-0.2, -0.15) is 4.98 Å². The second kappa shape index (κ2) is 17.0. The number of nitrogens with one attached hydrogen (secondary N) is 2. The van der Waals surface area contributed by atoms with E-state index in [4.69, 9.17) is 5.73 Å². The minimum Gasteiger partial charge on any atom is -0.372 e. The molecule has 1 unspecified atom stereocenters. The van der Waals surface area contributed by atoms with Gasteiger partial charge in [0.1, 0.15) is 11.9 Å². The number of carbonyl (C=O) groups is 5. The van der Waals surface area contributed by atoms with E-state index in [1.54, 1.807) is 0 Å². The van der Waals surface area contributed by atoms with E-state index in [2.05, 4.69) is 52.6 Å². The predicted molar refractivity (Wildman–Crippen MR) is 208 cm³/mol. The standard InChI is InChI=1S/C39H48FN11O5/c1-47(31-9-10-33(53)43-37(31)55)38(56)29-22-30(40)32(21-26(29)24-52)50-19-17-48(18-20-50)23-25-11-15-49(16-12-25)28-7-5-27(6-8-28)42-36-34(35(41)54)45-46-39(44-36)51-13-3-2-4-14-51/h5-8,21-22,24-25,31H,2-4,9-20,23H2,1H3,(H2,41,54)(H,42,44,46)(H,43,53,55). The monoisotopic (exact) mass is 769 g/mol. The van der Waals surface area contributed by atoms with Gasteiger partial charge in [0, 0.05) is 89.3 Å². The van der Waals surface area contributed by atoms with Crippen molar-refractivity contribution in [3.63, 3.8) is 0 Å². The Balaban J connectivity index is 0.893. The van der Waals surface area contributed by atoms with Gasteiger partial charge >= 0.3 is 0 Å². The number of carbonyl (C=O) groups excluding carboxylic acids is 5. The summed E-state index contributed by atoms with van der Waals surface area (Å²) < 4.78 is 15.5. The van der Waals surface area contributed by atoms with Crippen LogP contribution in [-0.4, -0.2) is 127 Å². The van der Waals surface area contributed by atoms with E-state index in [-0.39, 0.29) is 35.3 Å². The minimum absolute atomic E-state index is 0.00196. The number of nitrogens with zero attached hydrogens (tertiary/aromatic N) is 8. The van der Waals surface area contributed by atoms with Gasteiger partial charge in [-0.05, 0) is 80.8 Å². The van der Waals surface area contributed by atoms with Gasteiger partial charge in [-0.15, -0.1) is 10.2 Å². The van der Waals surface area contributed by atoms with E-state index in [0.29, 0.717) is 37.1 Å². The lowest BCUT2D eigenvalue weighted by molar-refractivity contribution is -0.136. The summed E-state index contributed by atoms with van der Waals surface area (Å²) in [5.74, 6) is -1.65. The Labute approximate surface area is 324 Å². The number of likely N-dealkylation sites (N-methyl/N-ethyl adjacent to an activating group) is 1. The summed E-state index contributed by atoms with van der Waals surface area (Å²) in [4.78, 5) is 75.8. The maximum atomic E-state index is 15.5. The molecule has 4 fully saturated rings. The smallest absolute Gasteiger partial charge is 0.273 e. The molecular weight excluding hydrogens is 721 g/mol. The van der Waals surface area contributed by atoms with Crippen LogP contribution in [0.3, 0.4) is 0 Å². The molecule has 4 saturated heterocycles. The molecule has 0 bridgehead atoms. The maximum absolute atomic E-state index is 15.5. The highest BCUT2D eigenvalue weighted by atomic mass is 19.1. The summed E-state index contributed by atoms with van der Waals surface area (Å²) in [6, 6.07) is 9.64. The van der Waals surface area contributed by atoms with Crippen molar-refractivity contribution in [2.75, 3.05) is 86.0 Å². The van der Waals surface area contributed by atoms with Crippen molar-refractivity contribution in [2.24, 2.45) is 11.7 Å². The summed E-state index contributed by atoms with van der Waals surface area (Å²) in [6.07, 6.45) is 6.15. The number of piperazine rings is 1. The van der Waals surface area contributed by atoms with Crippen LogP contribution in [0.1, 0.15) is 76.2 Å². The Hall–Kier alpha value is -5.71. The molecule has 4 aliphatic heterocycles. The zero-order chi connectivity index (χ0) is 39.3. The number of aldehydes is 1. The van der Waals surface area contributed by atoms with Gasteiger partial charge < -0.3 is 30.7 Å². The molecule has 7 rings (SSSR count). The highest BCUT2D eigenvalue weighted by Crippen LogP contribution is 2.30. The van der Waals surface area contributed by atoms with Crippen LogP contribution >= 0.6 is 0 Å². The fourth-order valence-corrected chi connectivity index (χ4v) is 8.09. The number of piperidine rings is 3. The number of primary amides is 1. The molecule has 0 radical (unpaired) electrons. The Morgan fingerprint density at radius 3 is 2.30 bits per heavy atom. The molecule has 2 aromatic carbocycles. The second-order valence-electron chi connectivity index (χ2n) is 15.0. The first-order valence-electron chi connectivity index (χ1n) is 19.4. The number of rotatable bonds is 11. The number of imide groups is 1. The van der Waals surface area contributed by atoms with Crippen LogP contribution in [0.15, 0.2) is 36.4 Å². The zero-order valence-electron chi connectivity index (χ0n) is 31.6. The van der Waals surface area contributed by atoms with Crippen LogP contribution in [-0.2, 0) is 9.59 Å². The summed E-state index contributed by atoms with van der Waals surface area (Å²) >= 11 is 0. The third-order valence-electron chi connectivity index (χ3n) is 11.4. The topological polar surface area (TPSA) is 190 Å². The van der Waals surface area contributed by atoms with E-state index in [0.717, 1.165) is 93.8 Å². The molecule has 0 saturated carbocycles. The summed E-state index contributed by atoms with van der Waals surface area (Å²) in [5.41, 5.74) is 7.65. The van der Waals surface area contributed by atoms with E-state index in [9.17, 15) is 24.0 Å². The molecule has 1 aromatic heterocycles. The van der Waals surface area contributed by atoms with Crippen LogP contribution < -0.4 is 31.1 Å². The fourth-order valence-electron chi connectivity index (χ4n) is 8.09. The Morgan fingerprint density at radius 2 is 1.64 bits per heavy atom. The number of nitrogens with two attached hydrogens (primary N) is 1. The Bertz CT molecular complexity index is 1960. The molecule has 296 valence electrons. The van der Waals surface area contributed by atoms with Crippen LogP contribution in [0.4, 0.5) is 33.2 Å². The largest absolute Gasteiger partial charge is 0.372 e. The first-order valence-corrected chi connectivity index (χ1v) is 19.4. The third-order valence-corrected chi connectivity index (χ3v) is 11.4. The molecule has 17 heteroatoms. The van der Waals surface area contributed by atoms with Crippen molar-refractivity contribution in [3.8, 4) is 0 Å². The van der Waals surface area contributed by atoms with Crippen LogP contribution in [0.2, 0.25) is 0 Å². The van der Waals surface area contributed by atoms with Crippen molar-refractivity contribution >= 4 is 58.7 Å². The molecular formula is C39H48FN11O5. The lowest BCUT2D eigenvalue weighted by Gasteiger charge is -2.40. The molecule has 4 N–H and O–H groups in total. The van der Waals surface area contributed by atoms with Crippen LogP contribution in [0.5, 0.6) is 0 Å². The van der Waals surface area contributed by atoms with Crippen molar-refractivity contribution in [2.45, 2.75) is 51.0 Å². The van der Waals surface area contributed by atoms with E-state index in [1.807, 2.05) is 17.0 Å². The summed E-state index contributed by atoms with van der Waals surface area (Å²) in [6.45, 7) is 7.10. The van der Waals surface area contributed by atoms with Crippen molar-refractivity contribution < 1.29 is 28.4 Å². The molecule has 1 atom stereocenters. The number of hydrogen-bond donors (Lipinski definition) is 3. The van der Waals surface area contributed by atoms with Gasteiger partial charge in [0.2, 0.25) is 17.8 Å². The van der Waals surface area contributed by atoms with Gasteiger partial charge in [0.25, 0.3) is 11.8 Å². The normalized spacial score (nSPS) is 19.8. The third kappa shape index (κ3) is 8.56. The van der Waals surface area contributed by atoms with E-state index >= 15 is 4.39 Å². The molecule has 4 amide bonds. The van der Waals surface area contributed by atoms with Crippen molar-refractivity contribution in [3.05, 3.63) is 59.0 Å². The van der Waals surface area contributed by atoms with Crippen molar-refractivity contribution in [1.29, 1.82) is 0 Å². The summed E-state index contributed by atoms with van der Waals surface area (Å²) in [7, 11) is 1.41. The zero-order valence-corrected chi connectivity index (χ0v) is 31.6. The maximum Gasteiger partial charge on any atom is 0.273 e. The number of amides is 4.